The molecule has 3 aliphatic carbocycles. The molecule has 6 aliphatic rings. The van der Waals surface area contributed by atoms with Gasteiger partial charge in [0.15, 0.2) is 0 Å². The maximum absolute atomic E-state index is 15.7. The number of nitrogens with zero attached hydrogens (tertiary/aromatic N) is 9. The zero-order valence-corrected chi connectivity index (χ0v) is 60.8. The minimum atomic E-state index is -4.76. The van der Waals surface area contributed by atoms with E-state index in [2.05, 4.69) is 16.0 Å². The summed E-state index contributed by atoms with van der Waals surface area (Å²) >= 11 is 6.16. The molecule has 0 radical (unpaired) electrons. The molecular weight excluding hydrogens is 1310 g/mol. The summed E-state index contributed by atoms with van der Waals surface area (Å²) in [5, 5.41) is 8.17. The number of nitrogens with one attached hydrogen (secondary N) is 3. The molecular formula is C71H108ClF3N12O12. The Balaban J connectivity index is 1.28. The van der Waals surface area contributed by atoms with Gasteiger partial charge in [-0.1, -0.05) is 116 Å². The van der Waals surface area contributed by atoms with Crippen molar-refractivity contribution in [1.82, 2.24) is 60.0 Å². The highest BCUT2D eigenvalue weighted by Crippen LogP contribution is 2.39. The van der Waals surface area contributed by atoms with Gasteiger partial charge in [0.2, 0.25) is 70.9 Å². The molecule has 3 saturated heterocycles. The Bertz CT molecular complexity index is 3100. The van der Waals surface area contributed by atoms with E-state index in [4.69, 9.17) is 11.6 Å². The van der Waals surface area contributed by atoms with Gasteiger partial charge in [-0.25, -0.2) is 0 Å². The van der Waals surface area contributed by atoms with Crippen LogP contribution < -0.4 is 16.0 Å². The number of alkyl halides is 3. The van der Waals surface area contributed by atoms with Gasteiger partial charge in [-0.2, -0.15) is 13.2 Å². The molecule has 99 heavy (non-hydrogen) atoms. The minimum Gasteiger partial charge on any atom is -0.343 e. The summed E-state index contributed by atoms with van der Waals surface area (Å²) in [7, 11) is 9.98. The summed E-state index contributed by atoms with van der Waals surface area (Å²) in [4.78, 5) is 190. The van der Waals surface area contributed by atoms with E-state index in [9.17, 15) is 51.5 Å². The highest BCUT2D eigenvalue weighted by molar-refractivity contribution is 6.31. The average Bonchev–Trinajstić information content (AvgIpc) is 1.76. The summed E-state index contributed by atoms with van der Waals surface area (Å²) < 4.78 is 41.6. The molecule has 1 aromatic carbocycles. The van der Waals surface area contributed by atoms with E-state index in [-0.39, 0.29) is 63.3 Å². The molecule has 3 aliphatic heterocycles. The first kappa shape index (κ1) is 79.3. The second kappa shape index (κ2) is 35.0. The first-order chi connectivity index (χ1) is 46.7. The second-order valence-corrected chi connectivity index (χ2v) is 29.9. The van der Waals surface area contributed by atoms with Crippen molar-refractivity contribution in [1.29, 1.82) is 0 Å². The number of aryl methyl sites for hydroxylation is 1. The van der Waals surface area contributed by atoms with E-state index in [0.29, 0.717) is 63.6 Å². The first-order valence-electron chi connectivity index (χ1n) is 35.9. The fourth-order valence-electron chi connectivity index (χ4n) is 15.3. The Morgan fingerprint density at radius 1 is 0.626 bits per heavy atom. The van der Waals surface area contributed by atoms with E-state index in [1.807, 2.05) is 20.8 Å². The lowest BCUT2D eigenvalue weighted by atomic mass is 9.81. The number of fused-ring (bicyclic) bond motifs is 1. The smallest absolute Gasteiger partial charge is 0.343 e. The number of likely N-dealkylation sites (N-methyl/N-ethyl adjacent to an activating group) is 7. The number of rotatable bonds is 11. The highest BCUT2D eigenvalue weighted by Gasteiger charge is 2.52. The summed E-state index contributed by atoms with van der Waals surface area (Å²) in [6, 6.07) is -5.49. The molecule has 3 N–H and O–H groups in total. The third-order valence-electron chi connectivity index (χ3n) is 21.9. The van der Waals surface area contributed by atoms with Crippen LogP contribution in [0.3, 0.4) is 0 Å². The number of hydrogen-bond donors (Lipinski definition) is 3. The number of amides is 12. The average molecular weight is 1410 g/mol. The molecule has 0 unspecified atom stereocenters. The number of likely N-dealkylation sites (tertiary alicyclic amines) is 1. The van der Waals surface area contributed by atoms with Crippen molar-refractivity contribution in [3.05, 3.63) is 34.3 Å². The molecule has 3 saturated carbocycles. The van der Waals surface area contributed by atoms with Gasteiger partial charge in [0.05, 0.1) is 36.6 Å². The molecule has 28 heteroatoms. The maximum atomic E-state index is 15.7. The third kappa shape index (κ3) is 19.7. The lowest BCUT2D eigenvalue weighted by molar-refractivity contribution is -0.157. The van der Waals surface area contributed by atoms with Crippen LogP contribution in [-0.2, 0) is 70.1 Å². The van der Waals surface area contributed by atoms with Gasteiger partial charge in [-0.15, -0.1) is 0 Å². The van der Waals surface area contributed by atoms with Crippen LogP contribution in [0.5, 0.6) is 0 Å². The molecule has 552 valence electrons. The number of benzene rings is 1. The van der Waals surface area contributed by atoms with E-state index in [0.717, 1.165) is 78.2 Å². The Kier molecular flexibility index (Phi) is 28.0. The molecule has 1 spiro atoms. The van der Waals surface area contributed by atoms with Crippen molar-refractivity contribution < 1.29 is 70.7 Å². The predicted molar refractivity (Wildman–Crippen MR) is 364 cm³/mol. The van der Waals surface area contributed by atoms with Crippen LogP contribution in [0.15, 0.2) is 18.2 Å². The molecule has 12 amide bonds. The molecule has 0 aromatic heterocycles. The number of halogens is 4. The number of hydrogen-bond acceptors (Lipinski definition) is 12. The SMILES string of the molecule is CC[C@H](C)[C@@H]1NC(=O)[C@H](CC(C)C)N(C)C(=O)C[C@@H](C(=O)N2CCC2)N(C)C(=O)[C@H](C2CCCCC2)N(C)C(=O)C2(CCCC2)NC(=O)[C@@H]2CCCN2C(=O)[C@H](CCc2ccc(C(F)(F)F)c(Cl)c2)NC(=O)CN(C)C(=O)[C@H](CC2CCCCC2)N(C)C(=O)CN(C)C(=O)CN(C)C1=O. The quantitative estimate of drug-likeness (QED) is 0.243. The van der Waals surface area contributed by atoms with Gasteiger partial charge in [-0.3, -0.25) is 57.5 Å². The summed E-state index contributed by atoms with van der Waals surface area (Å²) in [5.41, 5.74) is -2.33. The van der Waals surface area contributed by atoms with Gasteiger partial charge < -0.3 is 60.0 Å². The lowest BCUT2D eigenvalue weighted by Gasteiger charge is -2.44. The van der Waals surface area contributed by atoms with Crippen LogP contribution >= 0.6 is 11.6 Å². The van der Waals surface area contributed by atoms with Gasteiger partial charge >= 0.3 is 6.18 Å². The van der Waals surface area contributed by atoms with Crippen LogP contribution in [0, 0.1) is 23.7 Å². The minimum absolute atomic E-state index is 0.0205. The number of carbonyl (C=O) groups is 12. The first-order valence-corrected chi connectivity index (χ1v) is 36.2. The third-order valence-corrected chi connectivity index (χ3v) is 22.2. The largest absolute Gasteiger partial charge is 0.417 e. The molecule has 7 rings (SSSR count). The van der Waals surface area contributed by atoms with Gasteiger partial charge in [-0.05, 0) is 112 Å². The normalized spacial score (nSPS) is 26.8. The second-order valence-electron chi connectivity index (χ2n) is 29.5. The van der Waals surface area contributed by atoms with Crippen LogP contribution in [0.2, 0.25) is 5.02 Å². The van der Waals surface area contributed by atoms with Crippen molar-refractivity contribution in [2.24, 2.45) is 23.7 Å². The monoisotopic (exact) mass is 1410 g/mol. The van der Waals surface area contributed by atoms with Crippen molar-refractivity contribution in [3.8, 4) is 0 Å². The fourth-order valence-corrected chi connectivity index (χ4v) is 15.6. The standard InChI is InChI=1S/C71H108ClF3N12O12/c1-12-45(4)60-67(97)81(7)42-58(90)79(5)43-59(91)83(9)54(39-46-23-15-13-16-24-46)65(95)80(6)41-56(88)76-51(31-29-47-28-30-49(50(72)38-47)71(73,74)75)64(94)87-36-21-27-52(87)63(93)78-70(32-19-20-33-70)69(99)85(11)61(48-25-17-14-18-26-48)68(98)84(10)55(66(96)86-34-22-35-86)40-57(89)82(8)53(37-44(2)3)62(92)77-60/h28,30,38,44-46,48,51-55,60-61H,12-27,29,31-37,39-43H2,1-11H3,(H,76,88)(H,77,92)(H,78,93)/t45-,51-,52-,53-,54-,55-,60-,61-/m0/s1. The zero-order chi connectivity index (χ0) is 73.0. The van der Waals surface area contributed by atoms with Gasteiger partial charge in [0.25, 0.3) is 0 Å². The number of carbonyl (C=O) groups excluding carboxylic acids is 12. The van der Waals surface area contributed by atoms with Crippen molar-refractivity contribution in [3.63, 3.8) is 0 Å². The Labute approximate surface area is 586 Å². The maximum Gasteiger partial charge on any atom is 0.417 e. The summed E-state index contributed by atoms with van der Waals surface area (Å²) in [5.74, 6) is -8.71. The van der Waals surface area contributed by atoms with Gasteiger partial charge in [0, 0.05) is 69.0 Å². The summed E-state index contributed by atoms with van der Waals surface area (Å²) in [6.45, 7) is 6.45. The van der Waals surface area contributed by atoms with E-state index in [1.54, 1.807) is 11.8 Å². The van der Waals surface area contributed by atoms with Crippen molar-refractivity contribution in [2.45, 2.75) is 229 Å². The van der Waals surface area contributed by atoms with Crippen LogP contribution in [-0.4, -0.2) is 251 Å². The summed E-state index contributed by atoms with van der Waals surface area (Å²) in [6.07, 6.45) is 5.57. The fraction of sp³-hybridized carbons (Fsp3) is 0.746. The van der Waals surface area contributed by atoms with Crippen molar-refractivity contribution >= 4 is 82.5 Å². The predicted octanol–water partition coefficient (Wildman–Crippen LogP) is 5.64. The van der Waals surface area contributed by atoms with Crippen LogP contribution in [0.25, 0.3) is 0 Å². The molecule has 24 nitrogen and oxygen atoms in total. The van der Waals surface area contributed by atoms with Crippen LogP contribution in [0.1, 0.15) is 180 Å². The molecule has 6 fully saturated rings. The Morgan fingerprint density at radius 3 is 1.82 bits per heavy atom. The highest BCUT2D eigenvalue weighted by atomic mass is 35.5. The van der Waals surface area contributed by atoms with E-state index >= 15 is 19.2 Å². The van der Waals surface area contributed by atoms with E-state index < -0.39 is 173 Å². The Morgan fingerprint density at radius 2 is 1.23 bits per heavy atom. The lowest BCUT2D eigenvalue weighted by Crippen LogP contribution is -2.65. The van der Waals surface area contributed by atoms with Gasteiger partial charge in [0.1, 0.15) is 47.8 Å². The molecule has 8 atom stereocenters. The molecule has 0 bridgehead atoms. The Hall–Kier alpha value is -7.06. The molecule has 1 aromatic rings. The van der Waals surface area contributed by atoms with Crippen LogP contribution in [0.4, 0.5) is 13.2 Å². The zero-order valence-electron chi connectivity index (χ0n) is 60.0. The van der Waals surface area contributed by atoms with Crippen molar-refractivity contribution in [2.75, 3.05) is 88.6 Å². The molecule has 3 heterocycles. The topological polar surface area (TPSA) is 270 Å². The van der Waals surface area contributed by atoms with E-state index in [1.165, 1.54) is 79.9 Å².